The Hall–Kier alpha value is -1.06. The van der Waals surface area contributed by atoms with Crippen molar-refractivity contribution in [3.05, 3.63) is 34.9 Å². The first-order chi connectivity index (χ1) is 9.50. The molecule has 0 bridgehead atoms. The largest absolute Gasteiger partial charge is 0.375 e. The van der Waals surface area contributed by atoms with Gasteiger partial charge >= 0.3 is 0 Å². The van der Waals surface area contributed by atoms with Crippen molar-refractivity contribution in [1.29, 1.82) is 0 Å². The van der Waals surface area contributed by atoms with Gasteiger partial charge in [0, 0.05) is 24.5 Å². The molecule has 3 nitrogen and oxygen atoms in total. The van der Waals surface area contributed by atoms with E-state index < -0.39 is 5.60 Å². The summed E-state index contributed by atoms with van der Waals surface area (Å²) in [5.74, 6) is -0.223. The molecule has 0 aliphatic heterocycles. The van der Waals surface area contributed by atoms with E-state index in [9.17, 15) is 9.90 Å². The first-order valence-corrected chi connectivity index (χ1v) is 7.62. The number of likely N-dealkylation sites (N-methyl/N-ethyl adjacent to an activating group) is 1. The number of carbonyl (C=O) groups is 1. The fraction of sp³-hybridized carbons (Fsp3) is 0.562. The molecule has 1 amide bonds. The highest BCUT2D eigenvalue weighted by atomic mass is 35.5. The Morgan fingerprint density at radius 1 is 1.35 bits per heavy atom. The molecule has 1 atom stereocenters. The highest BCUT2D eigenvalue weighted by Gasteiger charge is 2.47. The van der Waals surface area contributed by atoms with E-state index in [1.54, 1.807) is 36.2 Å². The third-order valence-electron chi connectivity index (χ3n) is 4.38. The number of hydrogen-bond acceptors (Lipinski definition) is 2. The molecule has 0 radical (unpaired) electrons. The Bertz CT molecular complexity index is 468. The summed E-state index contributed by atoms with van der Waals surface area (Å²) in [5.41, 5.74) is -0.773. The molecule has 0 aromatic heterocycles. The zero-order chi connectivity index (χ0) is 14.8. The van der Waals surface area contributed by atoms with Crippen molar-refractivity contribution in [1.82, 2.24) is 4.90 Å². The number of aliphatic hydroxyl groups is 1. The molecule has 1 fully saturated rings. The fourth-order valence-corrected chi connectivity index (χ4v) is 3.14. The summed E-state index contributed by atoms with van der Waals surface area (Å²) in [6.45, 7) is 2.50. The van der Waals surface area contributed by atoms with Crippen LogP contribution in [-0.2, 0) is 10.4 Å². The molecular formula is C16H22ClNO2. The molecular weight excluding hydrogens is 274 g/mol. The van der Waals surface area contributed by atoms with E-state index in [-0.39, 0.29) is 11.8 Å². The van der Waals surface area contributed by atoms with Crippen molar-refractivity contribution in [2.45, 2.75) is 38.2 Å². The average Bonchev–Trinajstić information content (AvgIpc) is 3.00. The molecule has 0 heterocycles. The minimum Gasteiger partial charge on any atom is -0.375 e. The average molecular weight is 296 g/mol. The van der Waals surface area contributed by atoms with Crippen LogP contribution in [0, 0.1) is 5.92 Å². The highest BCUT2D eigenvalue weighted by molar-refractivity contribution is 6.30. The van der Waals surface area contributed by atoms with Crippen molar-refractivity contribution in [3.8, 4) is 0 Å². The van der Waals surface area contributed by atoms with E-state index in [4.69, 9.17) is 11.6 Å². The molecule has 1 unspecified atom stereocenters. The van der Waals surface area contributed by atoms with Crippen molar-refractivity contribution in [2.75, 3.05) is 13.6 Å². The van der Waals surface area contributed by atoms with Gasteiger partial charge < -0.3 is 10.0 Å². The Balaban J connectivity index is 2.42. The molecule has 0 spiro atoms. The second-order valence-electron chi connectivity index (χ2n) is 5.57. The molecule has 1 aliphatic carbocycles. The zero-order valence-corrected chi connectivity index (χ0v) is 12.9. The minimum absolute atomic E-state index is 0.00910. The first-order valence-electron chi connectivity index (χ1n) is 7.24. The van der Waals surface area contributed by atoms with E-state index in [1.807, 2.05) is 6.92 Å². The highest BCUT2D eigenvalue weighted by Crippen LogP contribution is 2.41. The topological polar surface area (TPSA) is 40.5 Å². The predicted octanol–water partition coefficient (Wildman–Crippen LogP) is 3.20. The van der Waals surface area contributed by atoms with Crippen LogP contribution in [0.25, 0.3) is 0 Å². The number of benzene rings is 1. The van der Waals surface area contributed by atoms with Gasteiger partial charge in [0.25, 0.3) is 5.91 Å². The van der Waals surface area contributed by atoms with Crippen molar-refractivity contribution in [2.24, 2.45) is 5.92 Å². The molecule has 2 rings (SSSR count). The van der Waals surface area contributed by atoms with E-state index in [1.165, 1.54) is 0 Å². The van der Waals surface area contributed by atoms with E-state index in [0.29, 0.717) is 17.1 Å². The summed E-state index contributed by atoms with van der Waals surface area (Å²) in [7, 11) is 1.73. The van der Waals surface area contributed by atoms with Gasteiger partial charge in [0.15, 0.2) is 5.60 Å². The lowest BCUT2D eigenvalue weighted by Crippen LogP contribution is -2.49. The van der Waals surface area contributed by atoms with Gasteiger partial charge in [-0.2, -0.15) is 0 Å². The maximum atomic E-state index is 12.7. The van der Waals surface area contributed by atoms with Crippen molar-refractivity contribution < 1.29 is 9.90 Å². The molecule has 1 N–H and O–H groups in total. The molecule has 1 saturated carbocycles. The van der Waals surface area contributed by atoms with Crippen LogP contribution in [0.1, 0.15) is 38.2 Å². The fourth-order valence-electron chi connectivity index (χ4n) is 3.02. The number of hydrogen-bond donors (Lipinski definition) is 1. The lowest BCUT2D eigenvalue weighted by atomic mass is 9.79. The Morgan fingerprint density at radius 3 is 2.40 bits per heavy atom. The Labute approximate surface area is 125 Å². The SMILES string of the molecule is CCN(C)C(=O)C(O)(c1ccc(Cl)cc1)C1CCCC1. The van der Waals surface area contributed by atoms with Crippen molar-refractivity contribution in [3.63, 3.8) is 0 Å². The maximum absolute atomic E-state index is 12.7. The van der Waals surface area contributed by atoms with Crippen LogP contribution < -0.4 is 0 Å². The first kappa shape index (κ1) is 15.3. The van der Waals surface area contributed by atoms with Gasteiger partial charge in [-0.3, -0.25) is 4.79 Å². The van der Waals surface area contributed by atoms with Gasteiger partial charge in [-0.1, -0.05) is 36.6 Å². The lowest BCUT2D eigenvalue weighted by Gasteiger charge is -2.36. The van der Waals surface area contributed by atoms with E-state index in [2.05, 4.69) is 0 Å². The van der Waals surface area contributed by atoms with E-state index >= 15 is 0 Å². The third-order valence-corrected chi connectivity index (χ3v) is 4.63. The van der Waals surface area contributed by atoms with E-state index in [0.717, 1.165) is 25.7 Å². The normalized spacial score (nSPS) is 18.8. The minimum atomic E-state index is -1.42. The molecule has 1 aromatic rings. The molecule has 1 aliphatic rings. The second-order valence-corrected chi connectivity index (χ2v) is 6.01. The summed E-state index contributed by atoms with van der Waals surface area (Å²) >= 11 is 5.91. The number of halogens is 1. The third kappa shape index (κ3) is 2.70. The Morgan fingerprint density at radius 2 is 1.90 bits per heavy atom. The van der Waals surface area contributed by atoms with Crippen LogP contribution in [0.2, 0.25) is 5.02 Å². The van der Waals surface area contributed by atoms with Gasteiger partial charge in [-0.05, 0) is 37.5 Å². The Kier molecular flexibility index (Phi) is 4.71. The monoisotopic (exact) mass is 295 g/mol. The van der Waals surface area contributed by atoms with Crippen LogP contribution in [0.15, 0.2) is 24.3 Å². The summed E-state index contributed by atoms with van der Waals surface area (Å²) < 4.78 is 0. The standard InChI is InChI=1S/C16H22ClNO2/c1-3-18(2)15(19)16(20,12-6-4-5-7-12)13-8-10-14(17)11-9-13/h8-12,20H,3-7H2,1-2H3. The summed E-state index contributed by atoms with van der Waals surface area (Å²) in [6.07, 6.45) is 3.93. The zero-order valence-electron chi connectivity index (χ0n) is 12.1. The van der Waals surface area contributed by atoms with Gasteiger partial charge in [0.05, 0.1) is 0 Å². The second kappa shape index (κ2) is 6.15. The number of nitrogens with zero attached hydrogens (tertiary/aromatic N) is 1. The van der Waals surface area contributed by atoms with Crippen LogP contribution in [0.4, 0.5) is 0 Å². The van der Waals surface area contributed by atoms with Crippen LogP contribution in [0.3, 0.4) is 0 Å². The molecule has 20 heavy (non-hydrogen) atoms. The molecule has 110 valence electrons. The van der Waals surface area contributed by atoms with Crippen LogP contribution >= 0.6 is 11.6 Å². The maximum Gasteiger partial charge on any atom is 0.259 e. The molecule has 1 aromatic carbocycles. The lowest BCUT2D eigenvalue weighted by molar-refractivity contribution is -0.157. The van der Waals surface area contributed by atoms with Crippen LogP contribution in [0.5, 0.6) is 0 Å². The van der Waals surface area contributed by atoms with Gasteiger partial charge in [-0.25, -0.2) is 0 Å². The van der Waals surface area contributed by atoms with Crippen molar-refractivity contribution >= 4 is 17.5 Å². The summed E-state index contributed by atoms with van der Waals surface area (Å²) in [6, 6.07) is 7.00. The van der Waals surface area contributed by atoms with Crippen LogP contribution in [-0.4, -0.2) is 29.5 Å². The smallest absolute Gasteiger partial charge is 0.259 e. The molecule has 4 heteroatoms. The van der Waals surface area contributed by atoms with Gasteiger partial charge in [0.2, 0.25) is 0 Å². The number of amides is 1. The quantitative estimate of drug-likeness (QED) is 0.927. The van der Waals surface area contributed by atoms with Gasteiger partial charge in [0.1, 0.15) is 0 Å². The van der Waals surface area contributed by atoms with Gasteiger partial charge in [-0.15, -0.1) is 0 Å². The summed E-state index contributed by atoms with van der Waals surface area (Å²) in [4.78, 5) is 14.3. The predicted molar refractivity (Wildman–Crippen MR) is 80.6 cm³/mol. The number of rotatable bonds is 4. The molecule has 0 saturated heterocycles. The number of carbonyl (C=O) groups excluding carboxylic acids is 1. The summed E-state index contributed by atoms with van der Waals surface area (Å²) in [5, 5.41) is 11.8.